The van der Waals surface area contributed by atoms with Gasteiger partial charge in [-0.05, 0) is 19.9 Å². The summed E-state index contributed by atoms with van der Waals surface area (Å²) in [5.41, 5.74) is 1.16. The standard InChI is InChI=1S/C7H13N3/c1-5-4-6(2)10-7(8-3)9-5/h4-5H,1-3H3,(H2,8,9,10). The third-order valence-corrected chi connectivity index (χ3v) is 1.40. The van der Waals surface area contributed by atoms with Gasteiger partial charge in [0, 0.05) is 18.8 Å². The van der Waals surface area contributed by atoms with Gasteiger partial charge in [0.1, 0.15) is 0 Å². The molecule has 0 bridgehead atoms. The van der Waals surface area contributed by atoms with Crippen LogP contribution in [-0.4, -0.2) is 19.0 Å². The molecule has 1 atom stereocenters. The number of rotatable bonds is 0. The zero-order valence-electron chi connectivity index (χ0n) is 6.60. The van der Waals surface area contributed by atoms with Gasteiger partial charge in [0.15, 0.2) is 5.96 Å². The first-order valence-electron chi connectivity index (χ1n) is 3.41. The molecule has 3 nitrogen and oxygen atoms in total. The summed E-state index contributed by atoms with van der Waals surface area (Å²) >= 11 is 0. The minimum Gasteiger partial charge on any atom is -0.350 e. The lowest BCUT2D eigenvalue weighted by Crippen LogP contribution is -2.44. The van der Waals surface area contributed by atoms with E-state index in [0.29, 0.717) is 6.04 Å². The second kappa shape index (κ2) is 2.73. The predicted octanol–water partition coefficient (Wildman–Crippen LogP) is 0.457. The molecule has 0 aromatic heterocycles. The van der Waals surface area contributed by atoms with Crippen molar-refractivity contribution in [1.82, 2.24) is 10.6 Å². The summed E-state index contributed by atoms with van der Waals surface area (Å²) in [7, 11) is 1.76. The van der Waals surface area contributed by atoms with Crippen molar-refractivity contribution in [1.29, 1.82) is 0 Å². The Balaban J connectivity index is 2.70. The van der Waals surface area contributed by atoms with E-state index in [-0.39, 0.29) is 0 Å². The van der Waals surface area contributed by atoms with E-state index in [9.17, 15) is 0 Å². The summed E-state index contributed by atoms with van der Waals surface area (Å²) in [6, 6.07) is 0.389. The van der Waals surface area contributed by atoms with E-state index in [0.717, 1.165) is 11.7 Å². The van der Waals surface area contributed by atoms with Gasteiger partial charge in [0.25, 0.3) is 0 Å². The van der Waals surface area contributed by atoms with Gasteiger partial charge in [0.05, 0.1) is 0 Å². The van der Waals surface area contributed by atoms with E-state index in [1.165, 1.54) is 0 Å². The van der Waals surface area contributed by atoms with E-state index in [4.69, 9.17) is 0 Å². The Bertz CT molecular complexity index is 181. The molecule has 0 radical (unpaired) electrons. The van der Waals surface area contributed by atoms with Crippen LogP contribution in [0, 0.1) is 0 Å². The SMILES string of the molecule is CN=C1NC(C)=CC(C)N1. The molecule has 0 saturated carbocycles. The van der Waals surface area contributed by atoms with Crippen LogP contribution in [-0.2, 0) is 0 Å². The van der Waals surface area contributed by atoms with E-state index in [2.05, 4.69) is 28.6 Å². The Morgan fingerprint density at radius 2 is 2.30 bits per heavy atom. The van der Waals surface area contributed by atoms with Crippen LogP contribution >= 0.6 is 0 Å². The topological polar surface area (TPSA) is 36.4 Å². The Labute approximate surface area is 61.2 Å². The molecule has 3 heteroatoms. The number of hydrogen-bond acceptors (Lipinski definition) is 1. The number of aliphatic imine (C=N–C) groups is 1. The molecule has 1 aliphatic heterocycles. The Kier molecular flexibility index (Phi) is 1.94. The molecular weight excluding hydrogens is 126 g/mol. The van der Waals surface area contributed by atoms with Gasteiger partial charge in [-0.2, -0.15) is 0 Å². The maximum Gasteiger partial charge on any atom is 0.195 e. The fraction of sp³-hybridized carbons (Fsp3) is 0.571. The molecule has 0 saturated heterocycles. The Hall–Kier alpha value is -0.990. The molecule has 56 valence electrons. The van der Waals surface area contributed by atoms with Crippen molar-refractivity contribution in [2.45, 2.75) is 19.9 Å². The third-order valence-electron chi connectivity index (χ3n) is 1.40. The largest absolute Gasteiger partial charge is 0.350 e. The summed E-state index contributed by atoms with van der Waals surface area (Å²) in [5.74, 6) is 0.854. The first-order valence-corrected chi connectivity index (χ1v) is 3.41. The lowest BCUT2D eigenvalue weighted by atomic mass is 10.2. The number of allylic oxidation sites excluding steroid dienone is 1. The molecule has 0 aromatic carbocycles. The Morgan fingerprint density at radius 1 is 1.60 bits per heavy atom. The highest BCUT2D eigenvalue weighted by Crippen LogP contribution is 1.97. The lowest BCUT2D eigenvalue weighted by molar-refractivity contribution is 0.737. The van der Waals surface area contributed by atoms with Crippen LogP contribution in [0.25, 0.3) is 0 Å². The zero-order chi connectivity index (χ0) is 7.56. The monoisotopic (exact) mass is 139 g/mol. The molecule has 0 aliphatic carbocycles. The zero-order valence-corrected chi connectivity index (χ0v) is 6.60. The van der Waals surface area contributed by atoms with Gasteiger partial charge >= 0.3 is 0 Å². The van der Waals surface area contributed by atoms with Crippen molar-refractivity contribution in [3.8, 4) is 0 Å². The molecule has 2 N–H and O–H groups in total. The molecule has 1 rings (SSSR count). The van der Waals surface area contributed by atoms with E-state index in [1.54, 1.807) is 7.05 Å². The quantitative estimate of drug-likeness (QED) is 0.511. The number of guanidine groups is 1. The van der Waals surface area contributed by atoms with Crippen molar-refractivity contribution >= 4 is 5.96 Å². The molecule has 0 spiro atoms. The smallest absolute Gasteiger partial charge is 0.195 e. The Morgan fingerprint density at radius 3 is 2.80 bits per heavy atom. The molecule has 1 aliphatic rings. The summed E-state index contributed by atoms with van der Waals surface area (Å²) in [6.07, 6.45) is 2.12. The van der Waals surface area contributed by atoms with Gasteiger partial charge in [-0.25, -0.2) is 0 Å². The minimum atomic E-state index is 0.389. The number of hydrogen-bond donors (Lipinski definition) is 2. The first-order chi connectivity index (χ1) is 4.72. The molecule has 1 heterocycles. The summed E-state index contributed by atoms with van der Waals surface area (Å²) in [5, 5.41) is 6.26. The van der Waals surface area contributed by atoms with Gasteiger partial charge in [-0.1, -0.05) is 0 Å². The molecular formula is C7H13N3. The van der Waals surface area contributed by atoms with Crippen molar-refractivity contribution in [3.05, 3.63) is 11.8 Å². The van der Waals surface area contributed by atoms with Crippen molar-refractivity contribution in [2.75, 3.05) is 7.05 Å². The van der Waals surface area contributed by atoms with Crippen molar-refractivity contribution in [2.24, 2.45) is 4.99 Å². The maximum absolute atomic E-state index is 4.00. The predicted molar refractivity (Wildman–Crippen MR) is 42.8 cm³/mol. The normalized spacial score (nSPS) is 28.9. The summed E-state index contributed by atoms with van der Waals surface area (Å²) < 4.78 is 0. The van der Waals surface area contributed by atoms with Crippen LogP contribution in [0.3, 0.4) is 0 Å². The maximum atomic E-state index is 4.00. The molecule has 1 unspecified atom stereocenters. The fourth-order valence-electron chi connectivity index (χ4n) is 1.02. The lowest BCUT2D eigenvalue weighted by Gasteiger charge is -2.21. The van der Waals surface area contributed by atoms with E-state index >= 15 is 0 Å². The number of nitrogens with one attached hydrogen (secondary N) is 2. The molecule has 0 amide bonds. The van der Waals surface area contributed by atoms with Gasteiger partial charge in [-0.3, -0.25) is 4.99 Å². The van der Waals surface area contributed by atoms with Crippen molar-refractivity contribution in [3.63, 3.8) is 0 Å². The van der Waals surface area contributed by atoms with E-state index < -0.39 is 0 Å². The van der Waals surface area contributed by atoms with Crippen LogP contribution in [0.4, 0.5) is 0 Å². The van der Waals surface area contributed by atoms with Crippen LogP contribution < -0.4 is 10.6 Å². The second-order valence-corrected chi connectivity index (χ2v) is 2.48. The highest BCUT2D eigenvalue weighted by molar-refractivity contribution is 5.82. The average molecular weight is 139 g/mol. The fourth-order valence-corrected chi connectivity index (χ4v) is 1.02. The van der Waals surface area contributed by atoms with Crippen LogP contribution in [0.5, 0.6) is 0 Å². The summed E-state index contributed by atoms with van der Waals surface area (Å²) in [4.78, 5) is 4.00. The minimum absolute atomic E-state index is 0.389. The van der Waals surface area contributed by atoms with Gasteiger partial charge in [-0.15, -0.1) is 0 Å². The first kappa shape index (κ1) is 7.12. The average Bonchev–Trinajstić information content (AvgIpc) is 1.85. The third kappa shape index (κ3) is 1.50. The van der Waals surface area contributed by atoms with Crippen LogP contribution in [0.15, 0.2) is 16.8 Å². The second-order valence-electron chi connectivity index (χ2n) is 2.48. The van der Waals surface area contributed by atoms with Crippen LogP contribution in [0.1, 0.15) is 13.8 Å². The summed E-state index contributed by atoms with van der Waals surface area (Å²) in [6.45, 7) is 4.12. The molecule has 0 fully saturated rings. The van der Waals surface area contributed by atoms with Crippen LogP contribution in [0.2, 0.25) is 0 Å². The van der Waals surface area contributed by atoms with Crippen molar-refractivity contribution < 1.29 is 0 Å². The highest BCUT2D eigenvalue weighted by atomic mass is 15.2. The molecule has 10 heavy (non-hydrogen) atoms. The van der Waals surface area contributed by atoms with E-state index in [1.807, 2.05) is 6.92 Å². The number of nitrogens with zero attached hydrogens (tertiary/aromatic N) is 1. The molecule has 0 aromatic rings. The van der Waals surface area contributed by atoms with Gasteiger partial charge in [0.2, 0.25) is 0 Å². The highest BCUT2D eigenvalue weighted by Gasteiger charge is 2.08. The van der Waals surface area contributed by atoms with Gasteiger partial charge < -0.3 is 10.6 Å².